The van der Waals surface area contributed by atoms with E-state index in [1.165, 1.54) is 6.42 Å². The van der Waals surface area contributed by atoms with Crippen LogP contribution in [0.15, 0.2) is 0 Å². The van der Waals surface area contributed by atoms with E-state index in [1.807, 2.05) is 0 Å². The Morgan fingerprint density at radius 2 is 2.00 bits per heavy atom. The van der Waals surface area contributed by atoms with Crippen molar-refractivity contribution in [3.05, 3.63) is 0 Å². The molecule has 2 aliphatic rings. The number of hydrogen-bond acceptors (Lipinski definition) is 1. The summed E-state index contributed by atoms with van der Waals surface area (Å²) >= 11 is 0. The molecule has 2 heteroatoms. The van der Waals surface area contributed by atoms with Gasteiger partial charge >= 0.3 is 23.1 Å². The Bertz CT molecular complexity index is 230. The molecule has 0 radical (unpaired) electrons. The third-order valence-corrected chi connectivity index (χ3v) is 4.48. The van der Waals surface area contributed by atoms with E-state index in [4.69, 9.17) is 0 Å². The molecule has 2 saturated carbocycles. The number of rotatable bonds is 0. The second-order valence-corrected chi connectivity index (χ2v) is 4.92. The summed E-state index contributed by atoms with van der Waals surface area (Å²) < 4.78 is 0. The maximum absolute atomic E-state index is 11.6. The minimum Gasteiger partial charge on any atom is -1.00 e. The molecule has 2 bridgehead atoms. The Balaban J connectivity index is 0. The fraction of sp³-hybridized carbons (Fsp3) is 0.900. The number of carbonyl (C=O) groups is 1. The molecule has 2 atom stereocenters. The summed E-state index contributed by atoms with van der Waals surface area (Å²) in [5.41, 5.74) is 0.307. The SMILES string of the molecule is CC12CCC(CC1=O)C2(C)C.[H-].[H-].[Mg+2]. The summed E-state index contributed by atoms with van der Waals surface area (Å²) in [7, 11) is 0. The third-order valence-electron chi connectivity index (χ3n) is 4.48. The number of fused-ring (bicyclic) bond motifs is 2. The second kappa shape index (κ2) is 2.71. The molecule has 0 aromatic carbocycles. The topological polar surface area (TPSA) is 17.1 Å². The van der Waals surface area contributed by atoms with Crippen molar-refractivity contribution in [3.8, 4) is 0 Å². The van der Waals surface area contributed by atoms with Gasteiger partial charge in [-0.25, -0.2) is 0 Å². The molecule has 2 unspecified atom stereocenters. The number of hydrogen-bond donors (Lipinski definition) is 0. The van der Waals surface area contributed by atoms with Crippen molar-refractivity contribution >= 4 is 28.8 Å². The number of Topliss-reactive ketones (excluding diaryl/α,β-unsaturated/α-hetero) is 1. The van der Waals surface area contributed by atoms with E-state index in [9.17, 15) is 4.79 Å². The molecule has 0 aliphatic heterocycles. The van der Waals surface area contributed by atoms with Crippen LogP contribution in [0.25, 0.3) is 0 Å². The monoisotopic (exact) mass is 178 g/mol. The minimum absolute atomic E-state index is 0. The van der Waals surface area contributed by atoms with Gasteiger partial charge in [0.2, 0.25) is 0 Å². The van der Waals surface area contributed by atoms with Crippen LogP contribution < -0.4 is 0 Å². The number of carbonyl (C=O) groups excluding carboxylic acids is 1. The maximum atomic E-state index is 11.6. The summed E-state index contributed by atoms with van der Waals surface area (Å²) in [6.45, 7) is 6.67. The molecule has 0 saturated heterocycles. The maximum Gasteiger partial charge on any atom is 2.00 e. The van der Waals surface area contributed by atoms with E-state index >= 15 is 0 Å². The fourth-order valence-electron chi connectivity index (χ4n) is 2.90. The van der Waals surface area contributed by atoms with Gasteiger partial charge in [-0.3, -0.25) is 4.79 Å². The van der Waals surface area contributed by atoms with Crippen molar-refractivity contribution in [3.63, 3.8) is 0 Å². The largest absolute Gasteiger partial charge is 2.00 e. The predicted octanol–water partition coefficient (Wildman–Crippen LogP) is 2.25. The summed E-state index contributed by atoms with van der Waals surface area (Å²) in [5, 5.41) is 0. The van der Waals surface area contributed by atoms with Crippen molar-refractivity contribution in [2.75, 3.05) is 0 Å². The standard InChI is InChI=1S/C10H16O.Mg.2H/c1-9(2)7-4-5-10(9,3)8(11)6-7;;;/h7H,4-6H2,1-3H3;;;/q;+2;2*-1. The molecule has 66 valence electrons. The fourth-order valence-corrected chi connectivity index (χ4v) is 2.90. The van der Waals surface area contributed by atoms with Gasteiger partial charge in [-0.1, -0.05) is 20.8 Å². The van der Waals surface area contributed by atoms with Gasteiger partial charge in [0, 0.05) is 11.8 Å². The van der Waals surface area contributed by atoms with E-state index in [0.29, 0.717) is 11.7 Å². The second-order valence-electron chi connectivity index (χ2n) is 4.92. The average molecular weight is 179 g/mol. The molecule has 2 fully saturated rings. The van der Waals surface area contributed by atoms with E-state index in [2.05, 4.69) is 20.8 Å². The summed E-state index contributed by atoms with van der Waals surface area (Å²) in [5.74, 6) is 1.19. The molecule has 0 aromatic heterocycles. The molecule has 0 amide bonds. The van der Waals surface area contributed by atoms with Gasteiger partial charge in [-0.05, 0) is 24.2 Å². The van der Waals surface area contributed by atoms with Gasteiger partial charge in [0.1, 0.15) is 5.78 Å². The Labute approximate surface area is 93.4 Å². The van der Waals surface area contributed by atoms with E-state index in [-0.39, 0.29) is 36.7 Å². The molecule has 2 aliphatic carbocycles. The zero-order valence-corrected chi connectivity index (χ0v) is 9.73. The van der Waals surface area contributed by atoms with Crippen LogP contribution in [-0.2, 0) is 4.79 Å². The third kappa shape index (κ3) is 0.940. The normalized spacial score (nSPS) is 42.9. The molecule has 2 rings (SSSR count). The Morgan fingerprint density at radius 1 is 1.42 bits per heavy atom. The minimum atomic E-state index is 0. The first-order valence-electron chi connectivity index (χ1n) is 4.52. The van der Waals surface area contributed by atoms with Crippen molar-refractivity contribution in [2.24, 2.45) is 16.7 Å². The summed E-state index contributed by atoms with van der Waals surface area (Å²) in [4.78, 5) is 11.6. The van der Waals surface area contributed by atoms with Gasteiger partial charge < -0.3 is 2.85 Å². The molecular weight excluding hydrogens is 160 g/mol. The molecule has 0 heterocycles. The summed E-state index contributed by atoms with van der Waals surface area (Å²) in [6, 6.07) is 0. The quantitative estimate of drug-likeness (QED) is 0.520. The smallest absolute Gasteiger partial charge is 1.00 e. The van der Waals surface area contributed by atoms with E-state index in [1.54, 1.807) is 0 Å². The predicted molar refractivity (Wildman–Crippen MR) is 52.2 cm³/mol. The molecular formula is C10H18MgO. The van der Waals surface area contributed by atoms with Gasteiger partial charge in [-0.2, -0.15) is 0 Å². The van der Waals surface area contributed by atoms with Crippen LogP contribution in [0.3, 0.4) is 0 Å². The zero-order valence-electron chi connectivity index (χ0n) is 10.3. The van der Waals surface area contributed by atoms with Crippen LogP contribution >= 0.6 is 0 Å². The van der Waals surface area contributed by atoms with Crippen LogP contribution in [0, 0.1) is 16.7 Å². The van der Waals surface area contributed by atoms with Crippen molar-refractivity contribution < 1.29 is 7.65 Å². The molecule has 1 nitrogen and oxygen atoms in total. The van der Waals surface area contributed by atoms with E-state index < -0.39 is 0 Å². The zero-order chi connectivity index (χ0) is 8.28. The molecule has 0 N–H and O–H groups in total. The van der Waals surface area contributed by atoms with Crippen LogP contribution in [0.2, 0.25) is 0 Å². The molecule has 0 aromatic rings. The van der Waals surface area contributed by atoms with Gasteiger partial charge in [0.25, 0.3) is 0 Å². The van der Waals surface area contributed by atoms with Gasteiger partial charge in [-0.15, -0.1) is 0 Å². The van der Waals surface area contributed by atoms with Crippen molar-refractivity contribution in [1.29, 1.82) is 0 Å². The molecule has 12 heavy (non-hydrogen) atoms. The number of ketones is 1. The van der Waals surface area contributed by atoms with Crippen LogP contribution in [0.4, 0.5) is 0 Å². The first-order chi connectivity index (χ1) is 4.98. The van der Waals surface area contributed by atoms with Crippen molar-refractivity contribution in [1.82, 2.24) is 0 Å². The van der Waals surface area contributed by atoms with Crippen molar-refractivity contribution in [2.45, 2.75) is 40.0 Å². The Hall–Kier alpha value is 0.436. The Kier molecular flexibility index (Phi) is 2.38. The average Bonchev–Trinajstić information content (AvgIpc) is 2.20. The van der Waals surface area contributed by atoms with Crippen LogP contribution in [0.5, 0.6) is 0 Å². The first-order valence-corrected chi connectivity index (χ1v) is 4.52. The Morgan fingerprint density at radius 3 is 2.17 bits per heavy atom. The summed E-state index contributed by atoms with van der Waals surface area (Å²) in [6.07, 6.45) is 3.25. The van der Waals surface area contributed by atoms with Gasteiger partial charge in [0.05, 0.1) is 0 Å². The molecule has 0 spiro atoms. The van der Waals surface area contributed by atoms with Crippen LogP contribution in [0.1, 0.15) is 42.9 Å². The van der Waals surface area contributed by atoms with Gasteiger partial charge in [0.15, 0.2) is 0 Å². The van der Waals surface area contributed by atoms with Crippen LogP contribution in [-0.4, -0.2) is 28.8 Å². The first kappa shape index (κ1) is 10.5. The van der Waals surface area contributed by atoms with E-state index in [0.717, 1.165) is 12.8 Å².